The molecule has 4 aliphatic heterocycles. The minimum absolute atomic E-state index is 0.191. The number of carbonyl (C=O) groups excluding carboxylic acids is 2. The van der Waals surface area contributed by atoms with E-state index in [9.17, 15) is 19.3 Å². The first kappa shape index (κ1) is 46.0. The summed E-state index contributed by atoms with van der Waals surface area (Å²) in [5.41, 5.74) is 7.90. The number of aromatic nitrogens is 4. The molecule has 16 nitrogen and oxygen atoms in total. The topological polar surface area (TPSA) is 183 Å². The highest BCUT2D eigenvalue weighted by Gasteiger charge is 2.43. The molecule has 3 aromatic carbocycles. The number of benzene rings is 3. The van der Waals surface area contributed by atoms with Crippen molar-refractivity contribution in [3.8, 4) is 5.75 Å². The summed E-state index contributed by atoms with van der Waals surface area (Å²) < 4.78 is 13.6. The highest BCUT2D eigenvalue weighted by atomic mass is 79.9. The van der Waals surface area contributed by atoms with E-state index in [1.807, 2.05) is 43.3 Å². The molecule has 6 aromatic rings. The number of carbonyl (C=O) groups is 2. The average Bonchev–Trinajstić information content (AvgIpc) is 3.93. The Morgan fingerprint density at radius 3 is 2.47 bits per heavy atom. The first-order valence-corrected chi connectivity index (χ1v) is 26.5. The molecule has 0 bridgehead atoms. The molecule has 0 radical (unpaired) electrons. The molecule has 18 heteroatoms. The molecule has 7 heterocycles. The van der Waals surface area contributed by atoms with Crippen molar-refractivity contribution in [3.05, 3.63) is 105 Å². The van der Waals surface area contributed by atoms with E-state index in [4.69, 9.17) is 19.1 Å². The number of halogens is 1. The van der Waals surface area contributed by atoms with Crippen LogP contribution in [0.15, 0.2) is 86.6 Å². The number of imide groups is 1. The van der Waals surface area contributed by atoms with E-state index in [-0.39, 0.29) is 18.7 Å². The van der Waals surface area contributed by atoms with Gasteiger partial charge >= 0.3 is 5.76 Å². The third-order valence-corrected chi connectivity index (χ3v) is 17.6. The van der Waals surface area contributed by atoms with Crippen LogP contribution >= 0.6 is 23.4 Å². The molecule has 0 saturated carbocycles. The number of ether oxygens (including phenoxy) is 1. The molecule has 2 amide bonds. The quantitative estimate of drug-likeness (QED) is 0.0528. The Bertz CT molecular complexity index is 2990. The Morgan fingerprint density at radius 1 is 0.926 bits per heavy atom. The van der Waals surface area contributed by atoms with Crippen LogP contribution in [0.3, 0.4) is 0 Å². The standard InChI is InChI=1S/C50H56BrN10O6P/c1-4-33-28-39(55-49-52-30-36(51)47(57-49)54-38-11-10-37-35(9-7-31(2)53-37)46(38)68(65)25-5-6-26-68)43(66-3)29-42(33)60-19-16-34(17-20-60)59-23-21-58(22-24-59)18-15-32-8-12-40-44(27-32)67-50(64)61(40)41-13-14-45(62)56-48(41)63/h5-12,27-30,34,41,65H,4,13-26H2,1-3H3,(H2-,52,54,55,56,57,62,63)/p+1. The molecule has 4 N–H and O–H groups in total. The van der Waals surface area contributed by atoms with Gasteiger partial charge < -0.3 is 29.6 Å². The van der Waals surface area contributed by atoms with Crippen LogP contribution in [-0.4, -0.2) is 117 Å². The number of piperazine rings is 1. The van der Waals surface area contributed by atoms with Crippen molar-refractivity contribution in [1.82, 2.24) is 34.6 Å². The maximum absolute atomic E-state index is 12.8. The van der Waals surface area contributed by atoms with Crippen molar-refractivity contribution in [2.75, 3.05) is 80.8 Å². The van der Waals surface area contributed by atoms with Gasteiger partial charge in [-0.15, -0.1) is 0 Å². The number of allylic oxidation sites excluding steroid dienone is 2. The summed E-state index contributed by atoms with van der Waals surface area (Å²) in [5, 5.41) is 11.2. The fourth-order valence-corrected chi connectivity index (χ4v) is 13.4. The maximum Gasteiger partial charge on any atom is 0.420 e. The van der Waals surface area contributed by atoms with Crippen LogP contribution in [0.25, 0.3) is 22.0 Å². The van der Waals surface area contributed by atoms with Crippen molar-refractivity contribution in [1.29, 1.82) is 0 Å². The summed E-state index contributed by atoms with van der Waals surface area (Å²) in [6, 6.07) is 17.9. The zero-order chi connectivity index (χ0) is 47.1. The van der Waals surface area contributed by atoms with Crippen molar-refractivity contribution >= 4 is 91.4 Å². The van der Waals surface area contributed by atoms with E-state index < -0.39 is 25.2 Å². The fourth-order valence-electron chi connectivity index (χ4n) is 10.4. The van der Waals surface area contributed by atoms with E-state index in [1.165, 1.54) is 15.8 Å². The number of hydrogen-bond donors (Lipinski definition) is 4. The number of oxazole rings is 1. The van der Waals surface area contributed by atoms with Crippen LogP contribution < -0.4 is 36.6 Å². The van der Waals surface area contributed by atoms with Crippen LogP contribution in [0.2, 0.25) is 0 Å². The number of aryl methyl sites for hydroxylation is 2. The first-order valence-electron chi connectivity index (χ1n) is 23.6. The van der Waals surface area contributed by atoms with Crippen molar-refractivity contribution in [2.45, 2.75) is 64.5 Å². The second-order valence-corrected chi connectivity index (χ2v) is 22.1. The van der Waals surface area contributed by atoms with Gasteiger partial charge in [0.15, 0.2) is 24.2 Å². The predicted octanol–water partition coefficient (Wildman–Crippen LogP) is 6.99. The molecular weight excluding hydrogens is 947 g/mol. The van der Waals surface area contributed by atoms with Gasteiger partial charge in [0, 0.05) is 87.3 Å². The lowest BCUT2D eigenvalue weighted by Gasteiger charge is -2.43. The minimum atomic E-state index is -2.50. The van der Waals surface area contributed by atoms with Crippen LogP contribution in [0.4, 0.5) is 28.8 Å². The summed E-state index contributed by atoms with van der Waals surface area (Å²) in [6.07, 6.45) is 11.4. The molecule has 354 valence electrons. The molecule has 1 unspecified atom stereocenters. The Balaban J connectivity index is 0.754. The molecule has 3 saturated heterocycles. The maximum atomic E-state index is 12.8. The molecule has 0 aliphatic carbocycles. The third-order valence-electron chi connectivity index (χ3n) is 14.0. The largest absolute Gasteiger partial charge is 0.494 e. The number of anilines is 5. The van der Waals surface area contributed by atoms with Crippen molar-refractivity contribution < 1.29 is 23.6 Å². The number of nitrogens with zero attached hydrogens (tertiary/aromatic N) is 7. The van der Waals surface area contributed by atoms with E-state index in [0.29, 0.717) is 51.5 Å². The van der Waals surface area contributed by atoms with E-state index >= 15 is 0 Å². The van der Waals surface area contributed by atoms with E-state index in [0.717, 1.165) is 110 Å². The van der Waals surface area contributed by atoms with Gasteiger partial charge in [-0.3, -0.25) is 29.4 Å². The number of amides is 2. The molecular formula is C50H57BrN10O6P+. The third kappa shape index (κ3) is 9.26. The first-order chi connectivity index (χ1) is 33.0. The molecule has 0 spiro atoms. The number of piperidine rings is 2. The van der Waals surface area contributed by atoms with Gasteiger partial charge in [0.05, 0.1) is 34.0 Å². The van der Waals surface area contributed by atoms with E-state index in [2.05, 4.69) is 88.8 Å². The van der Waals surface area contributed by atoms with Gasteiger partial charge in [0.1, 0.15) is 24.1 Å². The van der Waals surface area contributed by atoms with Gasteiger partial charge in [-0.2, -0.15) is 4.98 Å². The lowest BCUT2D eigenvalue weighted by atomic mass is 9.99. The highest BCUT2D eigenvalue weighted by Crippen LogP contribution is 2.59. The number of methoxy groups -OCH3 is 1. The second-order valence-electron chi connectivity index (χ2n) is 18.3. The molecule has 68 heavy (non-hydrogen) atoms. The lowest BCUT2D eigenvalue weighted by molar-refractivity contribution is -0.135. The van der Waals surface area contributed by atoms with Gasteiger partial charge in [0.25, 0.3) is 0 Å². The van der Waals surface area contributed by atoms with Gasteiger partial charge in [-0.05, 0) is 121 Å². The number of nitrogens with one attached hydrogen (secondary N) is 3. The number of pyridine rings is 1. The molecule has 1 atom stereocenters. The molecule has 10 rings (SSSR count). The highest BCUT2D eigenvalue weighted by molar-refractivity contribution is 9.10. The Labute approximate surface area is 403 Å². The second kappa shape index (κ2) is 19.4. The SMILES string of the molecule is CCc1cc(Nc2ncc(Br)c(Nc3ccc4nc(C)ccc4c3[P+]3(O)CC=CC3)n2)c(OC)cc1N1CCC(N2CCN(CCc3ccc4c(c3)oc(=O)n4C3CCC(=O)NC3=O)CC2)CC1. The minimum Gasteiger partial charge on any atom is -0.494 e. The van der Waals surface area contributed by atoms with Crippen LogP contribution in [0.1, 0.15) is 55.5 Å². The summed E-state index contributed by atoms with van der Waals surface area (Å²) in [5.74, 6) is 0.334. The number of rotatable bonds is 13. The van der Waals surface area contributed by atoms with Crippen LogP contribution in [0, 0.1) is 6.92 Å². The van der Waals surface area contributed by atoms with E-state index in [1.54, 1.807) is 13.3 Å². The normalized spacial score (nSPS) is 19.2. The number of hydrogen-bond acceptors (Lipinski definition) is 14. The van der Waals surface area contributed by atoms with Gasteiger partial charge in [0.2, 0.25) is 17.8 Å². The zero-order valence-corrected chi connectivity index (χ0v) is 41.1. The van der Waals surface area contributed by atoms with Crippen molar-refractivity contribution in [2.24, 2.45) is 0 Å². The summed E-state index contributed by atoms with van der Waals surface area (Å²) in [4.78, 5) is 70.9. The fraction of sp³-hybridized carbons (Fsp3) is 0.400. The lowest BCUT2D eigenvalue weighted by Crippen LogP contribution is -2.53. The van der Waals surface area contributed by atoms with Crippen molar-refractivity contribution in [3.63, 3.8) is 0 Å². The van der Waals surface area contributed by atoms with Gasteiger partial charge in [-0.25, -0.2) is 14.7 Å². The molecule has 3 fully saturated rings. The smallest absolute Gasteiger partial charge is 0.420 e. The average molecular weight is 1000 g/mol. The van der Waals surface area contributed by atoms with Gasteiger partial charge in [-0.1, -0.05) is 13.0 Å². The molecule has 4 aliphatic rings. The molecule has 3 aromatic heterocycles. The zero-order valence-electron chi connectivity index (χ0n) is 38.6. The summed E-state index contributed by atoms with van der Waals surface area (Å²) in [7, 11) is -0.800. The Kier molecular flexibility index (Phi) is 13.1. The Hall–Kier alpha value is -5.71. The Morgan fingerprint density at radius 2 is 1.72 bits per heavy atom. The monoisotopic (exact) mass is 1000 g/mol. The number of fused-ring (bicyclic) bond motifs is 2. The predicted molar refractivity (Wildman–Crippen MR) is 272 cm³/mol. The van der Waals surface area contributed by atoms with Crippen LogP contribution in [0.5, 0.6) is 5.75 Å². The summed E-state index contributed by atoms with van der Waals surface area (Å²) >= 11 is 3.67. The summed E-state index contributed by atoms with van der Waals surface area (Å²) in [6.45, 7) is 11.0. The van der Waals surface area contributed by atoms with Crippen LogP contribution in [-0.2, 0) is 22.4 Å².